The zero-order chi connectivity index (χ0) is 12.7. The van der Waals surface area contributed by atoms with Crippen molar-refractivity contribution in [2.75, 3.05) is 13.2 Å². The van der Waals surface area contributed by atoms with E-state index in [1.54, 1.807) is 0 Å². The van der Waals surface area contributed by atoms with Crippen molar-refractivity contribution in [1.29, 1.82) is 0 Å². The molecule has 0 unspecified atom stereocenters. The normalized spacial score (nSPS) is 13.7. The maximum absolute atomic E-state index is 5.59. The number of aryl methyl sites for hydroxylation is 1. The van der Waals surface area contributed by atoms with Crippen LogP contribution in [-0.2, 0) is 7.05 Å². The highest BCUT2D eigenvalue weighted by atomic mass is 79.9. The zero-order valence-electron chi connectivity index (χ0n) is 10.2. The Morgan fingerprint density at radius 3 is 2.61 bits per heavy atom. The quantitative estimate of drug-likeness (QED) is 0.812. The molecule has 0 saturated heterocycles. The van der Waals surface area contributed by atoms with Gasteiger partial charge in [-0.05, 0) is 41.1 Å². The van der Waals surface area contributed by atoms with E-state index >= 15 is 0 Å². The lowest BCUT2D eigenvalue weighted by molar-refractivity contribution is 0.171. The van der Waals surface area contributed by atoms with Gasteiger partial charge >= 0.3 is 0 Å². The Morgan fingerprint density at radius 1 is 1.22 bits per heavy atom. The molecular formula is C13H13BrN2O2. The molecule has 3 rings (SSSR count). The zero-order valence-corrected chi connectivity index (χ0v) is 11.8. The van der Waals surface area contributed by atoms with Crippen LogP contribution in [0.2, 0.25) is 0 Å². The van der Waals surface area contributed by atoms with Crippen LogP contribution in [0.25, 0.3) is 11.3 Å². The summed E-state index contributed by atoms with van der Waals surface area (Å²) in [5.41, 5.74) is 1.95. The standard InChI is InChI=1S/C13H13BrN2O2/c1-8-15-12(13(14)16(8)2)9-3-4-10-11(7-9)18-6-5-17-10/h3-4,7H,5-6H2,1-2H3. The fraction of sp³-hybridized carbons (Fsp3) is 0.308. The average Bonchev–Trinajstić information content (AvgIpc) is 2.66. The van der Waals surface area contributed by atoms with Gasteiger partial charge in [-0.15, -0.1) is 0 Å². The minimum atomic E-state index is 0.596. The van der Waals surface area contributed by atoms with E-state index in [1.807, 2.05) is 36.7 Å². The van der Waals surface area contributed by atoms with Gasteiger partial charge in [-0.1, -0.05) is 0 Å². The lowest BCUT2D eigenvalue weighted by Gasteiger charge is -2.18. The van der Waals surface area contributed by atoms with Crippen molar-refractivity contribution in [1.82, 2.24) is 9.55 Å². The van der Waals surface area contributed by atoms with Crippen LogP contribution >= 0.6 is 15.9 Å². The summed E-state index contributed by atoms with van der Waals surface area (Å²) in [6, 6.07) is 5.90. The predicted octanol–water partition coefficient (Wildman–Crippen LogP) is 2.93. The maximum atomic E-state index is 5.59. The SMILES string of the molecule is Cc1nc(-c2ccc3c(c2)OCCO3)c(Br)n1C. The summed E-state index contributed by atoms with van der Waals surface area (Å²) >= 11 is 3.56. The first-order valence-electron chi connectivity index (χ1n) is 5.75. The molecule has 0 spiro atoms. The van der Waals surface area contributed by atoms with Crippen molar-refractivity contribution in [3.63, 3.8) is 0 Å². The molecule has 0 bridgehead atoms. The monoisotopic (exact) mass is 308 g/mol. The van der Waals surface area contributed by atoms with Crippen molar-refractivity contribution in [3.8, 4) is 22.8 Å². The summed E-state index contributed by atoms with van der Waals surface area (Å²) < 4.78 is 14.1. The summed E-state index contributed by atoms with van der Waals surface area (Å²) in [6.07, 6.45) is 0. The van der Waals surface area contributed by atoms with E-state index in [2.05, 4.69) is 20.9 Å². The number of imidazole rings is 1. The van der Waals surface area contributed by atoms with Gasteiger partial charge in [0.2, 0.25) is 0 Å². The molecule has 5 heteroatoms. The molecule has 4 nitrogen and oxygen atoms in total. The molecule has 0 N–H and O–H groups in total. The second-order valence-electron chi connectivity index (χ2n) is 4.22. The predicted molar refractivity (Wildman–Crippen MR) is 72.1 cm³/mol. The van der Waals surface area contributed by atoms with Crippen LogP contribution in [0.4, 0.5) is 0 Å². The Morgan fingerprint density at radius 2 is 1.94 bits per heavy atom. The van der Waals surface area contributed by atoms with E-state index in [0.717, 1.165) is 33.2 Å². The summed E-state index contributed by atoms with van der Waals surface area (Å²) in [6.45, 7) is 3.18. The number of ether oxygens (including phenoxy) is 2. The maximum Gasteiger partial charge on any atom is 0.162 e. The second-order valence-corrected chi connectivity index (χ2v) is 4.97. The lowest BCUT2D eigenvalue weighted by Crippen LogP contribution is -2.15. The van der Waals surface area contributed by atoms with E-state index < -0.39 is 0 Å². The van der Waals surface area contributed by atoms with Crippen molar-refractivity contribution >= 4 is 15.9 Å². The number of aromatic nitrogens is 2. The van der Waals surface area contributed by atoms with Crippen LogP contribution in [0, 0.1) is 6.92 Å². The largest absolute Gasteiger partial charge is 0.486 e. The van der Waals surface area contributed by atoms with Crippen LogP contribution in [0.3, 0.4) is 0 Å². The molecule has 1 aliphatic rings. The molecule has 0 amide bonds. The first-order chi connectivity index (χ1) is 8.66. The van der Waals surface area contributed by atoms with Gasteiger partial charge < -0.3 is 14.0 Å². The highest BCUT2D eigenvalue weighted by molar-refractivity contribution is 9.10. The molecule has 0 atom stereocenters. The third-order valence-corrected chi connectivity index (χ3v) is 3.97. The summed E-state index contributed by atoms with van der Waals surface area (Å²) in [5, 5.41) is 0. The minimum absolute atomic E-state index is 0.596. The molecule has 2 heterocycles. The highest BCUT2D eigenvalue weighted by Crippen LogP contribution is 2.36. The van der Waals surface area contributed by atoms with Crippen LogP contribution in [0.1, 0.15) is 5.82 Å². The first kappa shape index (κ1) is 11.6. The Balaban J connectivity index is 2.09. The molecule has 18 heavy (non-hydrogen) atoms. The van der Waals surface area contributed by atoms with Crippen LogP contribution in [0.5, 0.6) is 11.5 Å². The molecule has 0 radical (unpaired) electrons. The van der Waals surface area contributed by atoms with E-state index in [0.29, 0.717) is 13.2 Å². The van der Waals surface area contributed by atoms with Crippen molar-refractivity contribution in [3.05, 3.63) is 28.6 Å². The van der Waals surface area contributed by atoms with Gasteiger partial charge in [-0.2, -0.15) is 0 Å². The summed E-state index contributed by atoms with van der Waals surface area (Å²) in [4.78, 5) is 4.55. The number of halogens is 1. The summed E-state index contributed by atoms with van der Waals surface area (Å²) in [7, 11) is 1.98. The van der Waals surface area contributed by atoms with Gasteiger partial charge in [-0.25, -0.2) is 4.98 Å². The molecule has 0 aliphatic carbocycles. The number of benzene rings is 1. The van der Waals surface area contributed by atoms with Crippen molar-refractivity contribution in [2.45, 2.75) is 6.92 Å². The Hall–Kier alpha value is -1.49. The molecule has 2 aromatic rings. The molecule has 1 aromatic carbocycles. The topological polar surface area (TPSA) is 36.3 Å². The molecule has 0 fully saturated rings. The number of fused-ring (bicyclic) bond motifs is 1. The lowest BCUT2D eigenvalue weighted by atomic mass is 10.1. The third kappa shape index (κ3) is 1.79. The van der Waals surface area contributed by atoms with Gasteiger partial charge in [0.15, 0.2) is 11.5 Å². The fourth-order valence-corrected chi connectivity index (χ4v) is 2.53. The van der Waals surface area contributed by atoms with Crippen molar-refractivity contribution < 1.29 is 9.47 Å². The number of rotatable bonds is 1. The van der Waals surface area contributed by atoms with Gasteiger partial charge in [0.25, 0.3) is 0 Å². The Bertz CT molecular complexity index is 607. The van der Waals surface area contributed by atoms with E-state index in [1.165, 1.54) is 0 Å². The fourth-order valence-electron chi connectivity index (χ4n) is 1.96. The van der Waals surface area contributed by atoms with Crippen molar-refractivity contribution in [2.24, 2.45) is 7.05 Å². The van der Waals surface area contributed by atoms with Crippen LogP contribution in [-0.4, -0.2) is 22.8 Å². The third-order valence-electron chi connectivity index (χ3n) is 3.06. The summed E-state index contributed by atoms with van der Waals surface area (Å²) in [5.74, 6) is 2.55. The first-order valence-corrected chi connectivity index (χ1v) is 6.55. The van der Waals surface area contributed by atoms with E-state index in [9.17, 15) is 0 Å². The van der Waals surface area contributed by atoms with Crippen LogP contribution < -0.4 is 9.47 Å². The van der Waals surface area contributed by atoms with Gasteiger partial charge in [0.05, 0.1) is 0 Å². The van der Waals surface area contributed by atoms with Gasteiger partial charge in [0.1, 0.15) is 29.3 Å². The molecular weight excluding hydrogens is 296 g/mol. The van der Waals surface area contributed by atoms with E-state index in [4.69, 9.17) is 9.47 Å². The molecule has 1 aliphatic heterocycles. The highest BCUT2D eigenvalue weighted by Gasteiger charge is 2.16. The minimum Gasteiger partial charge on any atom is -0.486 e. The number of hydrogen-bond acceptors (Lipinski definition) is 3. The Kier molecular flexibility index (Phi) is 2.78. The van der Waals surface area contributed by atoms with Crippen LogP contribution in [0.15, 0.2) is 22.8 Å². The second kappa shape index (κ2) is 4.31. The average molecular weight is 309 g/mol. The van der Waals surface area contributed by atoms with Gasteiger partial charge in [-0.3, -0.25) is 0 Å². The number of nitrogens with zero attached hydrogens (tertiary/aromatic N) is 2. The Labute approximate surface area is 114 Å². The molecule has 1 aromatic heterocycles. The molecule has 0 saturated carbocycles. The van der Waals surface area contributed by atoms with Gasteiger partial charge in [0, 0.05) is 12.6 Å². The molecule has 94 valence electrons. The van der Waals surface area contributed by atoms with E-state index in [-0.39, 0.29) is 0 Å². The smallest absolute Gasteiger partial charge is 0.162 e. The number of hydrogen-bond donors (Lipinski definition) is 0.